The summed E-state index contributed by atoms with van der Waals surface area (Å²) in [5.74, 6) is 1.20. The second kappa shape index (κ2) is 3.80. The molecule has 2 fully saturated rings. The van der Waals surface area contributed by atoms with Gasteiger partial charge in [0.15, 0.2) is 10.9 Å². The van der Waals surface area contributed by atoms with Crippen molar-refractivity contribution in [3.8, 4) is 0 Å². The molecule has 4 heteroatoms. The molecule has 2 aliphatic rings. The molecule has 1 saturated heterocycles. The number of rotatable bonds is 3. The van der Waals surface area contributed by atoms with Gasteiger partial charge in [0.25, 0.3) is 0 Å². The molecule has 0 bridgehead atoms. The summed E-state index contributed by atoms with van der Waals surface area (Å²) in [6, 6.07) is 0.725. The standard InChI is InChI=1S/C13H18N2OS/c1-7(2)11(16)12-8(3)14-13(17-12)15-5-4-9-6-10(9)15/h7,9-10H,4-6H2,1-3H3. The number of thiazole rings is 1. The molecule has 3 rings (SSSR count). The lowest BCUT2D eigenvalue weighted by molar-refractivity contribution is 0.0942. The van der Waals surface area contributed by atoms with Gasteiger partial charge in [0.2, 0.25) is 0 Å². The van der Waals surface area contributed by atoms with Crippen LogP contribution in [0.2, 0.25) is 0 Å². The Balaban J connectivity index is 1.87. The van der Waals surface area contributed by atoms with E-state index in [2.05, 4.69) is 9.88 Å². The van der Waals surface area contributed by atoms with Crippen molar-refractivity contribution in [1.29, 1.82) is 0 Å². The molecule has 2 unspecified atom stereocenters. The largest absolute Gasteiger partial charge is 0.345 e. The van der Waals surface area contributed by atoms with Gasteiger partial charge in [-0.25, -0.2) is 4.98 Å². The van der Waals surface area contributed by atoms with E-state index in [0.29, 0.717) is 0 Å². The van der Waals surface area contributed by atoms with Gasteiger partial charge in [-0.1, -0.05) is 25.2 Å². The molecule has 0 spiro atoms. The fraction of sp³-hybridized carbons (Fsp3) is 0.692. The number of fused-ring (bicyclic) bond motifs is 1. The first-order chi connectivity index (χ1) is 8.08. The van der Waals surface area contributed by atoms with E-state index in [4.69, 9.17) is 0 Å². The highest BCUT2D eigenvalue weighted by molar-refractivity contribution is 7.17. The monoisotopic (exact) mass is 250 g/mol. The number of carbonyl (C=O) groups is 1. The summed E-state index contributed by atoms with van der Waals surface area (Å²) >= 11 is 1.59. The van der Waals surface area contributed by atoms with Crippen LogP contribution >= 0.6 is 11.3 Å². The average molecular weight is 250 g/mol. The number of nitrogens with zero attached hydrogens (tertiary/aromatic N) is 2. The SMILES string of the molecule is Cc1nc(N2CCC3CC32)sc1C(=O)C(C)C. The van der Waals surface area contributed by atoms with E-state index < -0.39 is 0 Å². The van der Waals surface area contributed by atoms with E-state index >= 15 is 0 Å². The van der Waals surface area contributed by atoms with Gasteiger partial charge >= 0.3 is 0 Å². The van der Waals surface area contributed by atoms with Crippen LogP contribution in [0, 0.1) is 18.8 Å². The third-order valence-electron chi connectivity index (χ3n) is 3.81. The predicted molar refractivity (Wildman–Crippen MR) is 69.9 cm³/mol. The topological polar surface area (TPSA) is 33.2 Å². The summed E-state index contributed by atoms with van der Waals surface area (Å²) in [7, 11) is 0. The minimum Gasteiger partial charge on any atom is -0.345 e. The van der Waals surface area contributed by atoms with Crippen LogP contribution in [-0.2, 0) is 0 Å². The molecule has 17 heavy (non-hydrogen) atoms. The summed E-state index contributed by atoms with van der Waals surface area (Å²) in [5.41, 5.74) is 0.910. The van der Waals surface area contributed by atoms with Crippen molar-refractivity contribution in [2.45, 2.75) is 39.7 Å². The van der Waals surface area contributed by atoms with Crippen LogP contribution in [0.5, 0.6) is 0 Å². The molecule has 0 N–H and O–H groups in total. The summed E-state index contributed by atoms with van der Waals surface area (Å²) in [5, 5.41) is 1.07. The first kappa shape index (κ1) is 11.2. The van der Waals surface area contributed by atoms with Crippen molar-refractivity contribution < 1.29 is 4.79 Å². The van der Waals surface area contributed by atoms with Crippen molar-refractivity contribution in [3.05, 3.63) is 10.6 Å². The highest BCUT2D eigenvalue weighted by atomic mass is 32.1. The molecular formula is C13H18N2OS. The lowest BCUT2D eigenvalue weighted by Gasteiger charge is -2.15. The molecule has 92 valence electrons. The fourth-order valence-corrected chi connectivity index (χ4v) is 3.87. The Bertz CT molecular complexity index is 466. The number of aromatic nitrogens is 1. The van der Waals surface area contributed by atoms with Crippen LogP contribution in [0.3, 0.4) is 0 Å². The molecular weight excluding hydrogens is 232 g/mol. The number of aryl methyl sites for hydroxylation is 1. The van der Waals surface area contributed by atoms with Crippen LogP contribution in [-0.4, -0.2) is 23.4 Å². The molecule has 2 heterocycles. The normalized spacial score (nSPS) is 26.5. The first-order valence-electron chi connectivity index (χ1n) is 6.36. The number of anilines is 1. The first-order valence-corrected chi connectivity index (χ1v) is 7.18. The Morgan fingerprint density at radius 1 is 1.53 bits per heavy atom. The Morgan fingerprint density at radius 3 is 2.82 bits per heavy atom. The summed E-state index contributed by atoms with van der Waals surface area (Å²) in [4.78, 5) is 19.9. The van der Waals surface area contributed by atoms with Gasteiger partial charge in [-0.15, -0.1) is 0 Å². The van der Waals surface area contributed by atoms with E-state index in [9.17, 15) is 4.79 Å². The van der Waals surface area contributed by atoms with E-state index in [1.807, 2.05) is 20.8 Å². The maximum Gasteiger partial charge on any atom is 0.186 e. The van der Waals surface area contributed by atoms with Crippen LogP contribution in [0.4, 0.5) is 5.13 Å². The summed E-state index contributed by atoms with van der Waals surface area (Å²) in [6.45, 7) is 6.98. The van der Waals surface area contributed by atoms with Crippen molar-refractivity contribution in [1.82, 2.24) is 4.98 Å². The molecule has 3 nitrogen and oxygen atoms in total. The Morgan fingerprint density at radius 2 is 2.29 bits per heavy atom. The molecule has 1 aromatic heterocycles. The van der Waals surface area contributed by atoms with Crippen molar-refractivity contribution in [2.75, 3.05) is 11.4 Å². The average Bonchev–Trinajstić information content (AvgIpc) is 2.78. The number of carbonyl (C=O) groups excluding carboxylic acids is 1. The molecule has 1 aliphatic carbocycles. The number of ketones is 1. The third-order valence-corrected chi connectivity index (χ3v) is 5.01. The van der Waals surface area contributed by atoms with Crippen molar-refractivity contribution in [2.24, 2.45) is 11.8 Å². The van der Waals surface area contributed by atoms with Gasteiger partial charge < -0.3 is 4.90 Å². The minimum atomic E-state index is 0.0641. The second-order valence-corrected chi connectivity index (χ2v) is 6.45. The molecule has 2 atom stereocenters. The number of hydrogen-bond donors (Lipinski definition) is 0. The van der Waals surface area contributed by atoms with Crippen LogP contribution in [0.25, 0.3) is 0 Å². The zero-order valence-electron chi connectivity index (χ0n) is 10.6. The lowest BCUT2D eigenvalue weighted by Crippen LogP contribution is -2.21. The summed E-state index contributed by atoms with van der Waals surface area (Å²) < 4.78 is 0. The molecule has 0 aromatic carbocycles. The zero-order valence-corrected chi connectivity index (χ0v) is 11.4. The quantitative estimate of drug-likeness (QED) is 0.773. The van der Waals surface area contributed by atoms with Gasteiger partial charge in [-0.05, 0) is 25.7 Å². The number of hydrogen-bond acceptors (Lipinski definition) is 4. The van der Waals surface area contributed by atoms with Gasteiger partial charge in [0, 0.05) is 18.5 Å². The molecule has 0 amide bonds. The maximum absolute atomic E-state index is 12.0. The maximum atomic E-state index is 12.0. The van der Waals surface area contributed by atoms with Gasteiger partial charge in [0.05, 0.1) is 10.6 Å². The van der Waals surface area contributed by atoms with E-state index in [0.717, 1.165) is 34.2 Å². The van der Waals surface area contributed by atoms with E-state index in [-0.39, 0.29) is 11.7 Å². The number of Topliss-reactive ketones (excluding diaryl/α,β-unsaturated/α-hetero) is 1. The fourth-order valence-electron chi connectivity index (χ4n) is 2.63. The smallest absolute Gasteiger partial charge is 0.186 e. The van der Waals surface area contributed by atoms with E-state index in [1.54, 1.807) is 11.3 Å². The minimum absolute atomic E-state index is 0.0641. The molecule has 1 aromatic rings. The van der Waals surface area contributed by atoms with Crippen LogP contribution in [0.1, 0.15) is 42.1 Å². The van der Waals surface area contributed by atoms with Crippen molar-refractivity contribution >= 4 is 22.3 Å². The van der Waals surface area contributed by atoms with Crippen molar-refractivity contribution in [3.63, 3.8) is 0 Å². The Kier molecular flexibility index (Phi) is 2.51. The number of piperidine rings is 1. The zero-order chi connectivity index (χ0) is 12.2. The molecule has 0 radical (unpaired) electrons. The highest BCUT2D eigenvalue weighted by Crippen LogP contribution is 2.47. The van der Waals surface area contributed by atoms with Gasteiger partial charge in [-0.3, -0.25) is 4.79 Å². The van der Waals surface area contributed by atoms with E-state index in [1.165, 1.54) is 12.8 Å². The third kappa shape index (κ3) is 1.79. The van der Waals surface area contributed by atoms with Crippen LogP contribution in [0.15, 0.2) is 0 Å². The van der Waals surface area contributed by atoms with Crippen LogP contribution < -0.4 is 4.90 Å². The molecule has 1 saturated carbocycles. The second-order valence-electron chi connectivity index (χ2n) is 5.48. The van der Waals surface area contributed by atoms with Gasteiger partial charge in [-0.2, -0.15) is 0 Å². The Labute approximate surface area is 106 Å². The predicted octanol–water partition coefficient (Wildman–Crippen LogP) is 2.89. The molecule has 1 aliphatic heterocycles. The Hall–Kier alpha value is -0.900. The summed E-state index contributed by atoms with van der Waals surface area (Å²) in [6.07, 6.45) is 2.63. The lowest BCUT2D eigenvalue weighted by atomic mass is 10.1. The highest BCUT2D eigenvalue weighted by Gasteiger charge is 2.47. The van der Waals surface area contributed by atoms with Gasteiger partial charge in [0.1, 0.15) is 0 Å².